The summed E-state index contributed by atoms with van der Waals surface area (Å²) in [4.78, 5) is 0. The molecular formula is C25H28BrNO2. The Hall–Kier alpha value is -2.30. The lowest BCUT2D eigenvalue weighted by atomic mass is 10.1. The molecule has 0 saturated carbocycles. The molecule has 0 amide bonds. The van der Waals surface area contributed by atoms with Crippen LogP contribution in [0.15, 0.2) is 71.2 Å². The zero-order chi connectivity index (χ0) is 20.6. The molecule has 3 aromatic rings. The van der Waals surface area contributed by atoms with Crippen molar-refractivity contribution in [2.75, 3.05) is 6.61 Å². The molecule has 1 atom stereocenters. The predicted molar refractivity (Wildman–Crippen MR) is 123 cm³/mol. The van der Waals surface area contributed by atoms with Crippen LogP contribution in [-0.4, -0.2) is 6.61 Å². The van der Waals surface area contributed by atoms with Gasteiger partial charge in [-0.05, 0) is 65.5 Å². The molecule has 0 bridgehead atoms. The minimum atomic E-state index is 0.267. The molecular weight excluding hydrogens is 426 g/mol. The van der Waals surface area contributed by atoms with Crippen LogP contribution < -0.4 is 14.8 Å². The molecule has 0 radical (unpaired) electrons. The first-order valence-corrected chi connectivity index (χ1v) is 10.8. The standard InChI is InChI=1S/C25H28BrNO2/c1-4-28-24-15-21(16-27-19(3)22-8-6-5-7-9-22)14-23(26)25(24)29-17-20-12-10-18(2)11-13-20/h5-15,19,27H,4,16-17H2,1-3H3. The highest BCUT2D eigenvalue weighted by molar-refractivity contribution is 9.10. The average Bonchev–Trinajstić information content (AvgIpc) is 2.73. The maximum Gasteiger partial charge on any atom is 0.175 e. The summed E-state index contributed by atoms with van der Waals surface area (Å²) >= 11 is 3.67. The largest absolute Gasteiger partial charge is 0.490 e. The highest BCUT2D eigenvalue weighted by Gasteiger charge is 2.13. The minimum Gasteiger partial charge on any atom is -0.490 e. The number of hydrogen-bond acceptors (Lipinski definition) is 3. The van der Waals surface area contributed by atoms with Crippen molar-refractivity contribution in [1.82, 2.24) is 5.32 Å². The van der Waals surface area contributed by atoms with Crippen molar-refractivity contribution in [2.45, 2.75) is 40.0 Å². The Balaban J connectivity index is 1.70. The highest BCUT2D eigenvalue weighted by Crippen LogP contribution is 2.37. The van der Waals surface area contributed by atoms with E-state index >= 15 is 0 Å². The molecule has 1 N–H and O–H groups in total. The van der Waals surface area contributed by atoms with E-state index in [1.807, 2.05) is 13.0 Å². The molecule has 1 unspecified atom stereocenters. The number of hydrogen-bond donors (Lipinski definition) is 1. The Labute approximate surface area is 182 Å². The number of halogens is 1. The molecule has 3 aromatic carbocycles. The van der Waals surface area contributed by atoms with Crippen molar-refractivity contribution in [2.24, 2.45) is 0 Å². The Morgan fingerprint density at radius 2 is 1.66 bits per heavy atom. The van der Waals surface area contributed by atoms with E-state index < -0.39 is 0 Å². The fraction of sp³-hybridized carbons (Fsp3) is 0.280. The molecule has 0 saturated heterocycles. The third kappa shape index (κ3) is 6.09. The first-order chi connectivity index (χ1) is 14.1. The SMILES string of the molecule is CCOc1cc(CNC(C)c2ccccc2)cc(Br)c1OCc1ccc(C)cc1. The van der Waals surface area contributed by atoms with Crippen LogP contribution in [0.5, 0.6) is 11.5 Å². The van der Waals surface area contributed by atoms with E-state index in [1.54, 1.807) is 0 Å². The van der Waals surface area contributed by atoms with Gasteiger partial charge in [-0.1, -0.05) is 60.2 Å². The molecule has 3 nitrogen and oxygen atoms in total. The van der Waals surface area contributed by atoms with Crippen molar-refractivity contribution in [3.05, 3.63) is 93.5 Å². The van der Waals surface area contributed by atoms with Gasteiger partial charge in [0.25, 0.3) is 0 Å². The van der Waals surface area contributed by atoms with Crippen LogP contribution in [0.2, 0.25) is 0 Å². The lowest BCUT2D eigenvalue weighted by Gasteiger charge is -2.18. The van der Waals surface area contributed by atoms with Crippen LogP contribution in [0.1, 0.15) is 42.1 Å². The van der Waals surface area contributed by atoms with Crippen LogP contribution in [0.25, 0.3) is 0 Å². The molecule has 3 rings (SSSR count). The Morgan fingerprint density at radius 3 is 2.34 bits per heavy atom. The zero-order valence-electron chi connectivity index (χ0n) is 17.2. The van der Waals surface area contributed by atoms with Gasteiger partial charge in [0, 0.05) is 12.6 Å². The maximum atomic E-state index is 6.10. The van der Waals surface area contributed by atoms with Gasteiger partial charge in [0.15, 0.2) is 11.5 Å². The molecule has 0 aliphatic rings. The van der Waals surface area contributed by atoms with E-state index in [-0.39, 0.29) is 6.04 Å². The summed E-state index contributed by atoms with van der Waals surface area (Å²) in [7, 11) is 0. The van der Waals surface area contributed by atoms with Gasteiger partial charge in [-0.25, -0.2) is 0 Å². The summed E-state index contributed by atoms with van der Waals surface area (Å²) in [6.07, 6.45) is 0. The first kappa shape index (κ1) is 21.4. The van der Waals surface area contributed by atoms with Crippen LogP contribution >= 0.6 is 15.9 Å². The van der Waals surface area contributed by atoms with Gasteiger partial charge >= 0.3 is 0 Å². The first-order valence-electron chi connectivity index (χ1n) is 9.98. The van der Waals surface area contributed by atoms with Gasteiger partial charge in [0.1, 0.15) is 6.61 Å². The number of benzene rings is 3. The number of aryl methyl sites for hydroxylation is 1. The summed E-state index contributed by atoms with van der Waals surface area (Å²) in [6, 6.07) is 23.2. The molecule has 0 heterocycles. The third-order valence-corrected chi connectivity index (χ3v) is 5.37. The second-order valence-corrected chi connectivity index (χ2v) is 7.98. The van der Waals surface area contributed by atoms with E-state index in [1.165, 1.54) is 11.1 Å². The fourth-order valence-electron chi connectivity index (χ4n) is 3.10. The van der Waals surface area contributed by atoms with Crippen molar-refractivity contribution in [3.8, 4) is 11.5 Å². The van der Waals surface area contributed by atoms with Crippen molar-refractivity contribution in [3.63, 3.8) is 0 Å². The Morgan fingerprint density at radius 1 is 0.931 bits per heavy atom. The maximum absolute atomic E-state index is 6.10. The lowest BCUT2D eigenvalue weighted by molar-refractivity contribution is 0.267. The average molecular weight is 454 g/mol. The second kappa shape index (κ2) is 10.5. The molecule has 0 aliphatic heterocycles. The topological polar surface area (TPSA) is 30.5 Å². The summed E-state index contributed by atoms with van der Waals surface area (Å²) in [5.74, 6) is 1.51. The van der Waals surface area contributed by atoms with Gasteiger partial charge in [-0.2, -0.15) is 0 Å². The van der Waals surface area contributed by atoms with Crippen LogP contribution in [0, 0.1) is 6.92 Å². The van der Waals surface area contributed by atoms with E-state index in [0.717, 1.165) is 33.6 Å². The second-order valence-electron chi connectivity index (χ2n) is 7.13. The quantitative estimate of drug-likeness (QED) is 0.396. The normalized spacial score (nSPS) is 11.9. The summed E-state index contributed by atoms with van der Waals surface area (Å²) in [5.41, 5.74) is 4.79. The van der Waals surface area contributed by atoms with E-state index in [4.69, 9.17) is 9.47 Å². The molecule has 29 heavy (non-hydrogen) atoms. The molecule has 0 spiro atoms. The van der Waals surface area contributed by atoms with Gasteiger partial charge in [-0.3, -0.25) is 0 Å². The van der Waals surface area contributed by atoms with Gasteiger partial charge < -0.3 is 14.8 Å². The minimum absolute atomic E-state index is 0.267. The van der Waals surface area contributed by atoms with E-state index in [9.17, 15) is 0 Å². The molecule has 4 heteroatoms. The number of nitrogens with one attached hydrogen (secondary N) is 1. The summed E-state index contributed by atoms with van der Waals surface area (Å²) in [6.45, 7) is 8.08. The van der Waals surface area contributed by atoms with Gasteiger partial charge in [-0.15, -0.1) is 0 Å². The molecule has 152 valence electrons. The highest BCUT2D eigenvalue weighted by atomic mass is 79.9. The Kier molecular flexibility index (Phi) is 7.73. The van der Waals surface area contributed by atoms with Crippen molar-refractivity contribution < 1.29 is 9.47 Å². The van der Waals surface area contributed by atoms with Gasteiger partial charge in [0.2, 0.25) is 0 Å². The van der Waals surface area contributed by atoms with Crippen LogP contribution in [-0.2, 0) is 13.2 Å². The summed E-state index contributed by atoms with van der Waals surface area (Å²) < 4.78 is 12.9. The van der Waals surface area contributed by atoms with E-state index in [2.05, 4.69) is 95.8 Å². The number of ether oxygens (including phenoxy) is 2. The van der Waals surface area contributed by atoms with Crippen LogP contribution in [0.3, 0.4) is 0 Å². The van der Waals surface area contributed by atoms with Crippen LogP contribution in [0.4, 0.5) is 0 Å². The Bertz CT molecular complexity index is 910. The molecule has 0 aromatic heterocycles. The smallest absolute Gasteiger partial charge is 0.175 e. The third-order valence-electron chi connectivity index (χ3n) is 4.78. The predicted octanol–water partition coefficient (Wildman–Crippen LogP) is 6.59. The zero-order valence-corrected chi connectivity index (χ0v) is 18.8. The number of rotatable bonds is 9. The molecule has 0 aliphatic carbocycles. The fourth-order valence-corrected chi connectivity index (χ4v) is 3.70. The summed E-state index contributed by atoms with van der Waals surface area (Å²) in [5, 5.41) is 3.58. The van der Waals surface area contributed by atoms with Crippen molar-refractivity contribution in [1.29, 1.82) is 0 Å². The van der Waals surface area contributed by atoms with Crippen molar-refractivity contribution >= 4 is 15.9 Å². The van der Waals surface area contributed by atoms with E-state index in [0.29, 0.717) is 13.2 Å². The van der Waals surface area contributed by atoms with Gasteiger partial charge in [0.05, 0.1) is 11.1 Å². The lowest BCUT2D eigenvalue weighted by Crippen LogP contribution is -2.18. The monoisotopic (exact) mass is 453 g/mol. The molecule has 0 fully saturated rings.